The van der Waals surface area contributed by atoms with Gasteiger partial charge in [-0.2, -0.15) is 0 Å². The summed E-state index contributed by atoms with van der Waals surface area (Å²) in [6.45, 7) is 6.93. The van der Waals surface area contributed by atoms with Crippen LogP contribution in [-0.2, 0) is 6.42 Å². The number of allylic oxidation sites excluding steroid dienone is 2. The second-order valence-corrected chi connectivity index (χ2v) is 5.66. The van der Waals surface area contributed by atoms with Crippen molar-refractivity contribution in [2.75, 3.05) is 6.54 Å². The smallest absolute Gasteiger partial charge is 0.0640 e. The van der Waals surface area contributed by atoms with Gasteiger partial charge in [-0.3, -0.25) is 9.98 Å². The van der Waals surface area contributed by atoms with E-state index in [0.29, 0.717) is 6.54 Å². The van der Waals surface area contributed by atoms with Crippen molar-refractivity contribution in [3.63, 3.8) is 0 Å². The number of aromatic nitrogens is 1. The fourth-order valence-corrected chi connectivity index (χ4v) is 2.79. The van der Waals surface area contributed by atoms with E-state index in [1.165, 1.54) is 22.3 Å². The van der Waals surface area contributed by atoms with E-state index in [0.717, 1.165) is 24.0 Å². The molecule has 1 aromatic carbocycles. The van der Waals surface area contributed by atoms with Crippen LogP contribution in [0, 0.1) is 0 Å². The number of hydrogen-bond acceptors (Lipinski definition) is 2. The van der Waals surface area contributed by atoms with Crippen LogP contribution >= 0.6 is 0 Å². The first-order valence-electron chi connectivity index (χ1n) is 7.62. The summed E-state index contributed by atoms with van der Waals surface area (Å²) in [6, 6.07) is 12.6. The summed E-state index contributed by atoms with van der Waals surface area (Å²) in [4.78, 5) is 8.65. The van der Waals surface area contributed by atoms with Gasteiger partial charge >= 0.3 is 0 Å². The molecule has 2 nitrogen and oxygen atoms in total. The van der Waals surface area contributed by atoms with Gasteiger partial charge in [-0.1, -0.05) is 36.4 Å². The highest BCUT2D eigenvalue weighted by Gasteiger charge is 2.14. The Labute approximate surface area is 132 Å². The lowest BCUT2D eigenvalue weighted by Gasteiger charge is -2.19. The van der Waals surface area contributed by atoms with Crippen LogP contribution in [0.2, 0.25) is 0 Å². The first kappa shape index (κ1) is 14.5. The van der Waals surface area contributed by atoms with Gasteiger partial charge in [0.05, 0.1) is 6.54 Å². The SMILES string of the molecule is C=C(C/N=C/C1=C(C)CCc2ccccc21)c1ccncc1. The van der Waals surface area contributed by atoms with Gasteiger partial charge < -0.3 is 0 Å². The van der Waals surface area contributed by atoms with Gasteiger partial charge in [0.15, 0.2) is 0 Å². The van der Waals surface area contributed by atoms with Crippen LogP contribution in [0.3, 0.4) is 0 Å². The van der Waals surface area contributed by atoms with Gasteiger partial charge in [-0.25, -0.2) is 0 Å². The average molecular weight is 288 g/mol. The number of nitrogens with zero attached hydrogens (tertiary/aromatic N) is 2. The highest BCUT2D eigenvalue weighted by molar-refractivity contribution is 6.12. The quantitative estimate of drug-likeness (QED) is 0.756. The molecule has 0 unspecified atom stereocenters. The van der Waals surface area contributed by atoms with Crippen LogP contribution in [0.1, 0.15) is 30.0 Å². The van der Waals surface area contributed by atoms with E-state index >= 15 is 0 Å². The molecule has 3 rings (SSSR count). The second kappa shape index (κ2) is 6.52. The molecule has 110 valence electrons. The number of fused-ring (bicyclic) bond motifs is 1. The number of hydrogen-bond donors (Lipinski definition) is 0. The lowest BCUT2D eigenvalue weighted by molar-refractivity contribution is 0.923. The van der Waals surface area contributed by atoms with Crippen LogP contribution in [0.15, 0.2) is 65.9 Å². The Hall–Kier alpha value is -2.48. The van der Waals surface area contributed by atoms with E-state index in [4.69, 9.17) is 0 Å². The zero-order valence-electron chi connectivity index (χ0n) is 12.9. The Kier molecular flexibility index (Phi) is 4.29. The van der Waals surface area contributed by atoms with E-state index in [2.05, 4.69) is 47.7 Å². The van der Waals surface area contributed by atoms with E-state index in [1.54, 1.807) is 12.4 Å². The number of rotatable bonds is 4. The number of pyridine rings is 1. The van der Waals surface area contributed by atoms with E-state index in [-0.39, 0.29) is 0 Å². The fraction of sp³-hybridized carbons (Fsp3) is 0.200. The first-order valence-corrected chi connectivity index (χ1v) is 7.62. The lowest BCUT2D eigenvalue weighted by Crippen LogP contribution is -2.04. The van der Waals surface area contributed by atoms with Crippen LogP contribution < -0.4 is 0 Å². The topological polar surface area (TPSA) is 25.2 Å². The van der Waals surface area contributed by atoms with Crippen molar-refractivity contribution in [2.24, 2.45) is 4.99 Å². The van der Waals surface area contributed by atoms with Crippen molar-refractivity contribution in [1.82, 2.24) is 4.98 Å². The first-order chi connectivity index (χ1) is 10.8. The molecule has 0 amide bonds. The number of aryl methyl sites for hydroxylation is 1. The van der Waals surface area contributed by atoms with Gasteiger partial charge in [0.25, 0.3) is 0 Å². The molecule has 0 fully saturated rings. The highest BCUT2D eigenvalue weighted by Crippen LogP contribution is 2.29. The third-order valence-electron chi connectivity index (χ3n) is 4.13. The molecule has 2 heteroatoms. The molecule has 0 aliphatic heterocycles. The van der Waals surface area contributed by atoms with Crippen molar-refractivity contribution in [2.45, 2.75) is 19.8 Å². The van der Waals surface area contributed by atoms with Crippen LogP contribution in [-0.4, -0.2) is 17.7 Å². The summed E-state index contributed by atoms with van der Waals surface area (Å²) in [5.41, 5.74) is 7.54. The van der Waals surface area contributed by atoms with Crippen LogP contribution in [0.25, 0.3) is 11.1 Å². The highest BCUT2D eigenvalue weighted by atomic mass is 14.7. The maximum Gasteiger partial charge on any atom is 0.0640 e. The molecule has 22 heavy (non-hydrogen) atoms. The van der Waals surface area contributed by atoms with Crippen molar-refractivity contribution in [1.29, 1.82) is 0 Å². The molecule has 1 aromatic heterocycles. The largest absolute Gasteiger partial charge is 0.288 e. The Balaban J connectivity index is 1.76. The Morgan fingerprint density at radius 2 is 1.95 bits per heavy atom. The Morgan fingerprint density at radius 3 is 2.77 bits per heavy atom. The number of aliphatic imine (C=N–C) groups is 1. The second-order valence-electron chi connectivity index (χ2n) is 5.66. The van der Waals surface area contributed by atoms with Crippen molar-refractivity contribution in [3.8, 4) is 0 Å². The summed E-state index contributed by atoms with van der Waals surface area (Å²) in [5.74, 6) is 0. The van der Waals surface area contributed by atoms with Gasteiger partial charge in [0.1, 0.15) is 0 Å². The molecule has 1 heterocycles. The maximum atomic E-state index is 4.62. The third kappa shape index (κ3) is 3.06. The molecule has 0 saturated heterocycles. The monoisotopic (exact) mass is 288 g/mol. The van der Waals surface area contributed by atoms with Gasteiger partial charge in [0, 0.05) is 18.6 Å². The molecule has 0 spiro atoms. The van der Waals surface area contributed by atoms with E-state index in [1.807, 2.05) is 18.3 Å². The van der Waals surface area contributed by atoms with Crippen molar-refractivity contribution in [3.05, 3.63) is 77.6 Å². The van der Waals surface area contributed by atoms with Crippen molar-refractivity contribution >= 4 is 17.4 Å². The summed E-state index contributed by atoms with van der Waals surface area (Å²) in [5, 5.41) is 0. The van der Waals surface area contributed by atoms with Gasteiger partial charge in [-0.05, 0) is 59.7 Å². The predicted octanol–water partition coefficient (Wildman–Crippen LogP) is 4.59. The predicted molar refractivity (Wildman–Crippen MR) is 94.0 cm³/mol. The lowest BCUT2D eigenvalue weighted by atomic mass is 9.87. The van der Waals surface area contributed by atoms with Gasteiger partial charge in [-0.15, -0.1) is 0 Å². The standard InChI is InChI=1S/C20H20N2/c1-15-7-8-18-5-3-4-6-19(18)20(15)14-22-13-16(2)17-9-11-21-12-10-17/h3-6,9-12,14H,2,7-8,13H2,1H3/b22-14+. The molecule has 1 aliphatic rings. The minimum absolute atomic E-state index is 0.614. The summed E-state index contributed by atoms with van der Waals surface area (Å²) in [6.07, 6.45) is 7.83. The molecule has 0 N–H and O–H groups in total. The van der Waals surface area contributed by atoms with E-state index in [9.17, 15) is 0 Å². The normalized spacial score (nSPS) is 14.2. The Bertz CT molecular complexity index is 739. The molecule has 1 aliphatic carbocycles. The number of benzene rings is 1. The average Bonchev–Trinajstić information content (AvgIpc) is 2.57. The zero-order valence-corrected chi connectivity index (χ0v) is 12.9. The molecule has 2 aromatic rings. The fourth-order valence-electron chi connectivity index (χ4n) is 2.79. The molecular weight excluding hydrogens is 268 g/mol. The molecule has 0 bridgehead atoms. The zero-order chi connectivity index (χ0) is 15.4. The summed E-state index contributed by atoms with van der Waals surface area (Å²) < 4.78 is 0. The molecule has 0 saturated carbocycles. The maximum absolute atomic E-state index is 4.62. The molecule has 0 radical (unpaired) electrons. The minimum atomic E-state index is 0.614. The molecular formula is C20H20N2. The summed E-state index contributed by atoms with van der Waals surface area (Å²) >= 11 is 0. The van der Waals surface area contributed by atoms with Gasteiger partial charge in [0.2, 0.25) is 0 Å². The van der Waals surface area contributed by atoms with Crippen molar-refractivity contribution < 1.29 is 0 Å². The Morgan fingerprint density at radius 1 is 1.18 bits per heavy atom. The minimum Gasteiger partial charge on any atom is -0.288 e. The van der Waals surface area contributed by atoms with Crippen LogP contribution in [0.4, 0.5) is 0 Å². The molecule has 0 atom stereocenters. The van der Waals surface area contributed by atoms with Crippen LogP contribution in [0.5, 0.6) is 0 Å². The summed E-state index contributed by atoms with van der Waals surface area (Å²) in [7, 11) is 0. The van der Waals surface area contributed by atoms with E-state index < -0.39 is 0 Å². The third-order valence-corrected chi connectivity index (χ3v) is 4.13.